The van der Waals surface area contributed by atoms with Gasteiger partial charge in [-0.1, -0.05) is 164 Å². The van der Waals surface area contributed by atoms with Crippen LogP contribution >= 0.6 is 11.3 Å². The van der Waals surface area contributed by atoms with Gasteiger partial charge in [0, 0.05) is 59.4 Å². The minimum Gasteiger partial charge on any atom is -0.312 e. The van der Waals surface area contributed by atoms with Crippen molar-refractivity contribution in [3.8, 4) is 22.5 Å². The molecule has 0 bridgehead atoms. The third kappa shape index (κ3) is 5.84. The Kier molecular flexibility index (Phi) is 8.36. The maximum Gasteiger partial charge on any atom is 0.0544 e. The average Bonchev–Trinajstić information content (AvgIpc) is 3.97. The fourth-order valence-corrected chi connectivity index (χ4v) is 10.9. The molecule has 3 heteroatoms. The van der Waals surface area contributed by atoms with Crippen molar-refractivity contribution in [1.29, 1.82) is 0 Å². The molecule has 0 saturated carbocycles. The summed E-state index contributed by atoms with van der Waals surface area (Å²) in [4.78, 5) is 1.23. The van der Waals surface area contributed by atoms with Gasteiger partial charge < -0.3 is 9.13 Å². The predicted molar refractivity (Wildman–Crippen MR) is 263 cm³/mol. The monoisotopic (exact) mass is 796 g/mol. The summed E-state index contributed by atoms with van der Waals surface area (Å²) in [6, 6.07) is 66.8. The first-order valence-corrected chi connectivity index (χ1v) is 21.9. The van der Waals surface area contributed by atoms with E-state index in [1.807, 2.05) is 17.4 Å². The molecule has 2 nitrogen and oxygen atoms in total. The zero-order chi connectivity index (χ0) is 40.4. The summed E-state index contributed by atoms with van der Waals surface area (Å²) in [5.74, 6) is 0.205. The van der Waals surface area contributed by atoms with Crippen LogP contribution in [0.3, 0.4) is 0 Å². The summed E-state index contributed by atoms with van der Waals surface area (Å²) >= 11 is 1.81. The van der Waals surface area contributed by atoms with E-state index in [-0.39, 0.29) is 5.92 Å². The van der Waals surface area contributed by atoms with Crippen molar-refractivity contribution < 1.29 is 0 Å². The standard InChI is InChI=1S/C58H40N2S/c1-2-45-51-20-10-13-23-57(51)61-58(45)33-26-38-24-29-44(30-25-38)59-52-21-11-8-18-47(52)49-31-27-40(35-55(49)59)41-28-32-50-48-19-9-12-22-53(48)60(56(50)36-41)54-37-43(39-14-4-3-5-15-39)34-42-16-6-7-17-46(42)54/h2-35,37,41H,1,36H2/b33-26+. The van der Waals surface area contributed by atoms with Crippen molar-refractivity contribution >= 4 is 89.2 Å². The lowest BCUT2D eigenvalue weighted by Gasteiger charge is -2.22. The van der Waals surface area contributed by atoms with Gasteiger partial charge in [-0.15, -0.1) is 11.3 Å². The number of para-hydroxylation sites is 2. The highest BCUT2D eigenvalue weighted by atomic mass is 32.1. The van der Waals surface area contributed by atoms with Gasteiger partial charge in [-0.3, -0.25) is 0 Å². The number of benzene rings is 8. The van der Waals surface area contributed by atoms with E-state index in [1.54, 1.807) is 0 Å². The van der Waals surface area contributed by atoms with E-state index < -0.39 is 0 Å². The second kappa shape index (κ2) is 14.4. The van der Waals surface area contributed by atoms with E-state index >= 15 is 0 Å². The van der Waals surface area contributed by atoms with E-state index in [4.69, 9.17) is 0 Å². The minimum absolute atomic E-state index is 0.205. The summed E-state index contributed by atoms with van der Waals surface area (Å²) < 4.78 is 6.28. The molecule has 0 saturated heterocycles. The fourth-order valence-electron chi connectivity index (χ4n) is 9.79. The largest absolute Gasteiger partial charge is 0.312 e. The van der Waals surface area contributed by atoms with Gasteiger partial charge in [0.25, 0.3) is 0 Å². The molecule has 0 spiro atoms. The SMILES string of the molecule is C=Cc1c(/C=C/c2ccc(-n3c4ccccc4c4ccc(C5C=Cc6c(n(-c7cc(-c8ccccc8)cc8ccccc78)c7ccccc67)C5)cc43)cc2)sc2ccccc12. The Morgan fingerprint density at radius 3 is 2.05 bits per heavy atom. The van der Waals surface area contributed by atoms with Crippen LogP contribution in [0.2, 0.25) is 0 Å². The van der Waals surface area contributed by atoms with Gasteiger partial charge in [0.2, 0.25) is 0 Å². The maximum absolute atomic E-state index is 4.12. The van der Waals surface area contributed by atoms with E-state index in [2.05, 4.69) is 222 Å². The van der Waals surface area contributed by atoms with Crippen LogP contribution in [0.5, 0.6) is 0 Å². The number of aromatic nitrogens is 2. The molecule has 61 heavy (non-hydrogen) atoms. The van der Waals surface area contributed by atoms with E-state index in [0.717, 1.165) is 12.1 Å². The van der Waals surface area contributed by atoms with Gasteiger partial charge in [-0.25, -0.2) is 0 Å². The molecule has 0 fully saturated rings. The van der Waals surface area contributed by atoms with Gasteiger partial charge in [-0.2, -0.15) is 0 Å². The Balaban J connectivity index is 0.948. The molecule has 3 heterocycles. The number of fused-ring (bicyclic) bond motifs is 8. The Morgan fingerprint density at radius 2 is 1.23 bits per heavy atom. The molecule has 12 rings (SSSR count). The van der Waals surface area contributed by atoms with Gasteiger partial charge in [-0.05, 0) is 94.2 Å². The van der Waals surface area contributed by atoms with Crippen molar-refractivity contribution in [3.63, 3.8) is 0 Å². The summed E-state index contributed by atoms with van der Waals surface area (Å²) in [5.41, 5.74) is 14.9. The first kappa shape index (κ1) is 35.5. The Bertz CT molecular complexity index is 3570. The normalized spacial score (nSPS) is 13.9. The lowest BCUT2D eigenvalue weighted by atomic mass is 9.87. The summed E-state index contributed by atoms with van der Waals surface area (Å²) in [5, 5.41) is 7.59. The maximum atomic E-state index is 4.12. The Morgan fingerprint density at radius 1 is 0.541 bits per heavy atom. The topological polar surface area (TPSA) is 9.86 Å². The highest BCUT2D eigenvalue weighted by molar-refractivity contribution is 7.20. The highest BCUT2D eigenvalue weighted by Crippen LogP contribution is 2.42. The van der Waals surface area contributed by atoms with Crippen molar-refractivity contribution in [2.24, 2.45) is 0 Å². The molecule has 288 valence electrons. The second-order valence-corrected chi connectivity index (χ2v) is 17.2. The molecular weight excluding hydrogens is 757 g/mol. The molecule has 0 N–H and O–H groups in total. The van der Waals surface area contributed by atoms with Gasteiger partial charge in [0.1, 0.15) is 0 Å². The van der Waals surface area contributed by atoms with Crippen LogP contribution < -0.4 is 0 Å². The van der Waals surface area contributed by atoms with Gasteiger partial charge in [0.15, 0.2) is 0 Å². The Hall–Kier alpha value is -7.46. The molecule has 1 atom stereocenters. The van der Waals surface area contributed by atoms with Crippen LogP contribution in [-0.4, -0.2) is 9.13 Å². The van der Waals surface area contributed by atoms with Crippen molar-refractivity contribution in [2.75, 3.05) is 0 Å². The van der Waals surface area contributed by atoms with Gasteiger partial charge in [0.05, 0.1) is 22.2 Å². The first-order chi connectivity index (χ1) is 30.2. The molecule has 0 aliphatic heterocycles. The zero-order valence-electron chi connectivity index (χ0n) is 33.5. The van der Waals surface area contributed by atoms with E-state index in [0.29, 0.717) is 0 Å². The van der Waals surface area contributed by atoms with E-state index in [1.165, 1.54) is 103 Å². The van der Waals surface area contributed by atoms with Gasteiger partial charge >= 0.3 is 0 Å². The Labute approximate surface area is 358 Å². The van der Waals surface area contributed by atoms with E-state index in [9.17, 15) is 0 Å². The molecule has 1 aliphatic rings. The molecule has 0 amide bonds. The molecule has 1 unspecified atom stereocenters. The van der Waals surface area contributed by atoms with Crippen LogP contribution in [0.1, 0.15) is 38.7 Å². The number of allylic oxidation sites excluding steroid dienone is 1. The van der Waals surface area contributed by atoms with Crippen LogP contribution in [0.25, 0.3) is 100 Å². The van der Waals surface area contributed by atoms with Crippen molar-refractivity contribution in [1.82, 2.24) is 9.13 Å². The quantitative estimate of drug-likeness (QED) is 0.152. The number of rotatable bonds is 7. The number of hydrogen-bond acceptors (Lipinski definition) is 1. The molecule has 11 aromatic rings. The number of thiophene rings is 1. The fraction of sp³-hybridized carbons (Fsp3) is 0.0345. The summed E-state index contributed by atoms with van der Waals surface area (Å²) in [7, 11) is 0. The third-order valence-electron chi connectivity index (χ3n) is 12.7. The average molecular weight is 797 g/mol. The summed E-state index contributed by atoms with van der Waals surface area (Å²) in [6.45, 7) is 4.12. The third-order valence-corrected chi connectivity index (χ3v) is 13.8. The van der Waals surface area contributed by atoms with Crippen LogP contribution in [0.4, 0.5) is 0 Å². The minimum atomic E-state index is 0.205. The van der Waals surface area contributed by atoms with Crippen molar-refractivity contribution in [2.45, 2.75) is 12.3 Å². The highest BCUT2D eigenvalue weighted by Gasteiger charge is 2.26. The second-order valence-electron chi connectivity index (χ2n) is 16.1. The number of hydrogen-bond donors (Lipinski definition) is 0. The predicted octanol–water partition coefficient (Wildman–Crippen LogP) is 15.9. The molecular formula is C58H40N2S. The van der Waals surface area contributed by atoms with Crippen LogP contribution in [-0.2, 0) is 6.42 Å². The van der Waals surface area contributed by atoms with Crippen LogP contribution in [0, 0.1) is 0 Å². The zero-order valence-corrected chi connectivity index (χ0v) is 34.3. The summed E-state index contributed by atoms with van der Waals surface area (Å²) in [6.07, 6.45) is 12.1. The first-order valence-electron chi connectivity index (χ1n) is 21.0. The number of nitrogens with zero attached hydrogens (tertiary/aromatic N) is 2. The molecule has 8 aromatic carbocycles. The van der Waals surface area contributed by atoms with Crippen LogP contribution in [0.15, 0.2) is 195 Å². The lowest BCUT2D eigenvalue weighted by molar-refractivity contribution is 0.785. The molecule has 3 aromatic heterocycles. The smallest absolute Gasteiger partial charge is 0.0544 e. The van der Waals surface area contributed by atoms with Crippen molar-refractivity contribution in [3.05, 3.63) is 227 Å². The molecule has 1 aliphatic carbocycles. The molecule has 0 radical (unpaired) electrons. The lowest BCUT2D eigenvalue weighted by Crippen LogP contribution is -2.10.